The van der Waals surface area contributed by atoms with Gasteiger partial charge in [0, 0.05) is 18.2 Å². The second kappa shape index (κ2) is 6.30. The predicted molar refractivity (Wildman–Crippen MR) is 59.4 cm³/mol. The molecule has 2 N–H and O–H groups in total. The lowest BCUT2D eigenvalue weighted by atomic mass is 10.2. The number of aliphatic hydroxyl groups is 1. The first-order chi connectivity index (χ1) is 6.68. The summed E-state index contributed by atoms with van der Waals surface area (Å²) in [6.07, 6.45) is 3.13. The molecule has 0 radical (unpaired) electrons. The second-order valence-electron chi connectivity index (χ2n) is 3.83. The van der Waals surface area contributed by atoms with E-state index in [2.05, 4.69) is 5.32 Å². The average molecular weight is 217 g/mol. The van der Waals surface area contributed by atoms with Crippen LogP contribution in [-0.2, 0) is 4.79 Å². The van der Waals surface area contributed by atoms with Gasteiger partial charge in [-0.3, -0.25) is 4.79 Å². The molecule has 1 aliphatic heterocycles. The summed E-state index contributed by atoms with van der Waals surface area (Å²) in [4.78, 5) is 11.3. The highest BCUT2D eigenvalue weighted by molar-refractivity contribution is 8.00. The first kappa shape index (κ1) is 11.9. The maximum absolute atomic E-state index is 11.3. The van der Waals surface area contributed by atoms with Crippen LogP contribution in [-0.4, -0.2) is 34.7 Å². The monoisotopic (exact) mass is 217 g/mol. The molecular formula is C10H19NO2S. The van der Waals surface area contributed by atoms with Crippen molar-refractivity contribution >= 4 is 17.7 Å². The van der Waals surface area contributed by atoms with Crippen LogP contribution in [0.1, 0.15) is 32.6 Å². The van der Waals surface area contributed by atoms with Crippen LogP contribution < -0.4 is 5.32 Å². The minimum Gasteiger partial charge on any atom is -0.393 e. The summed E-state index contributed by atoms with van der Waals surface area (Å²) in [5.74, 6) is 1.30. The van der Waals surface area contributed by atoms with Crippen LogP contribution in [0.25, 0.3) is 0 Å². The maximum Gasteiger partial charge on any atom is 0.220 e. The summed E-state index contributed by atoms with van der Waals surface area (Å²) in [5, 5.41) is 12.5. The zero-order chi connectivity index (χ0) is 10.4. The minimum atomic E-state index is -0.374. The molecule has 0 aliphatic carbocycles. The van der Waals surface area contributed by atoms with Crippen molar-refractivity contribution in [1.82, 2.24) is 5.32 Å². The fourth-order valence-corrected chi connectivity index (χ4v) is 2.66. The van der Waals surface area contributed by atoms with Gasteiger partial charge in [-0.05, 0) is 31.9 Å². The largest absolute Gasteiger partial charge is 0.393 e. The zero-order valence-corrected chi connectivity index (χ0v) is 9.48. The summed E-state index contributed by atoms with van der Waals surface area (Å²) >= 11 is 1.94. The van der Waals surface area contributed by atoms with E-state index in [4.69, 9.17) is 5.11 Å². The molecule has 2 unspecified atom stereocenters. The van der Waals surface area contributed by atoms with E-state index in [1.54, 1.807) is 6.92 Å². The van der Waals surface area contributed by atoms with E-state index in [0.717, 1.165) is 6.54 Å². The molecule has 0 aromatic rings. The summed E-state index contributed by atoms with van der Waals surface area (Å²) in [6.45, 7) is 2.50. The molecule has 1 heterocycles. The summed E-state index contributed by atoms with van der Waals surface area (Å²) < 4.78 is 0. The molecule has 1 saturated heterocycles. The number of aliphatic hydroxyl groups excluding tert-OH is 1. The van der Waals surface area contributed by atoms with Crippen molar-refractivity contribution in [2.75, 3.05) is 12.3 Å². The van der Waals surface area contributed by atoms with Gasteiger partial charge in [-0.1, -0.05) is 0 Å². The van der Waals surface area contributed by atoms with E-state index < -0.39 is 0 Å². The maximum atomic E-state index is 11.3. The Labute approximate surface area is 89.6 Å². The number of amides is 1. The van der Waals surface area contributed by atoms with Crippen molar-refractivity contribution < 1.29 is 9.90 Å². The lowest BCUT2D eigenvalue weighted by molar-refractivity contribution is -0.121. The van der Waals surface area contributed by atoms with E-state index in [1.807, 2.05) is 11.8 Å². The van der Waals surface area contributed by atoms with Crippen LogP contribution in [0.4, 0.5) is 0 Å². The molecule has 3 nitrogen and oxygen atoms in total. The summed E-state index contributed by atoms with van der Waals surface area (Å²) in [5.41, 5.74) is 0. The van der Waals surface area contributed by atoms with Crippen LogP contribution in [0.15, 0.2) is 0 Å². The molecule has 4 heteroatoms. The lowest BCUT2D eigenvalue weighted by Gasteiger charge is -2.10. The normalized spacial score (nSPS) is 23.4. The molecule has 0 aromatic heterocycles. The van der Waals surface area contributed by atoms with Gasteiger partial charge in [0.1, 0.15) is 0 Å². The van der Waals surface area contributed by atoms with E-state index >= 15 is 0 Å². The fourth-order valence-electron chi connectivity index (χ4n) is 1.46. The third kappa shape index (κ3) is 4.86. The van der Waals surface area contributed by atoms with E-state index in [9.17, 15) is 4.79 Å². The summed E-state index contributed by atoms with van der Waals surface area (Å²) in [7, 11) is 0. The Morgan fingerprint density at radius 3 is 3.07 bits per heavy atom. The van der Waals surface area contributed by atoms with Gasteiger partial charge in [0.2, 0.25) is 5.91 Å². The first-order valence-electron chi connectivity index (χ1n) is 5.25. The van der Waals surface area contributed by atoms with Crippen molar-refractivity contribution in [3.8, 4) is 0 Å². The van der Waals surface area contributed by atoms with Gasteiger partial charge in [0.25, 0.3) is 0 Å². The number of rotatable bonds is 5. The number of nitrogens with one attached hydrogen (secondary N) is 1. The quantitative estimate of drug-likeness (QED) is 0.726. The van der Waals surface area contributed by atoms with Crippen molar-refractivity contribution in [2.45, 2.75) is 44.0 Å². The molecule has 0 saturated carbocycles. The van der Waals surface area contributed by atoms with Gasteiger partial charge in [-0.2, -0.15) is 11.8 Å². The van der Waals surface area contributed by atoms with Crippen molar-refractivity contribution in [3.05, 3.63) is 0 Å². The molecule has 0 bridgehead atoms. The zero-order valence-electron chi connectivity index (χ0n) is 8.66. The highest BCUT2D eigenvalue weighted by atomic mass is 32.2. The van der Waals surface area contributed by atoms with Crippen LogP contribution in [0.2, 0.25) is 0 Å². The molecular weight excluding hydrogens is 198 g/mol. The van der Waals surface area contributed by atoms with Gasteiger partial charge in [-0.25, -0.2) is 0 Å². The number of hydrogen-bond donors (Lipinski definition) is 2. The van der Waals surface area contributed by atoms with Crippen LogP contribution in [0.3, 0.4) is 0 Å². The van der Waals surface area contributed by atoms with E-state index in [0.29, 0.717) is 18.1 Å². The molecule has 82 valence electrons. The summed E-state index contributed by atoms with van der Waals surface area (Å²) in [6, 6.07) is 0. The van der Waals surface area contributed by atoms with Gasteiger partial charge in [0.15, 0.2) is 0 Å². The molecule has 2 atom stereocenters. The smallest absolute Gasteiger partial charge is 0.220 e. The minimum absolute atomic E-state index is 0.0680. The Morgan fingerprint density at radius 1 is 1.71 bits per heavy atom. The molecule has 0 spiro atoms. The Morgan fingerprint density at radius 2 is 2.50 bits per heavy atom. The topological polar surface area (TPSA) is 49.3 Å². The SMILES string of the molecule is CC(O)CCC(=O)NCC1CCCS1. The average Bonchev–Trinajstić information content (AvgIpc) is 2.63. The number of hydrogen-bond acceptors (Lipinski definition) is 3. The molecule has 1 rings (SSSR count). The number of carbonyl (C=O) groups excluding carboxylic acids is 1. The Balaban J connectivity index is 2.02. The van der Waals surface area contributed by atoms with Gasteiger partial charge in [-0.15, -0.1) is 0 Å². The third-order valence-corrected chi connectivity index (χ3v) is 3.74. The van der Waals surface area contributed by atoms with Gasteiger partial charge in [0.05, 0.1) is 6.10 Å². The molecule has 14 heavy (non-hydrogen) atoms. The highest BCUT2D eigenvalue weighted by Gasteiger charge is 2.16. The molecule has 0 aromatic carbocycles. The van der Waals surface area contributed by atoms with E-state index in [1.165, 1.54) is 18.6 Å². The van der Waals surface area contributed by atoms with E-state index in [-0.39, 0.29) is 12.0 Å². The molecule has 1 fully saturated rings. The molecule has 1 aliphatic rings. The van der Waals surface area contributed by atoms with Gasteiger partial charge >= 0.3 is 0 Å². The Hall–Kier alpha value is -0.220. The predicted octanol–water partition coefficient (Wildman–Crippen LogP) is 1.16. The highest BCUT2D eigenvalue weighted by Crippen LogP contribution is 2.25. The van der Waals surface area contributed by atoms with Gasteiger partial charge < -0.3 is 10.4 Å². The van der Waals surface area contributed by atoms with Crippen LogP contribution in [0, 0.1) is 0 Å². The third-order valence-electron chi connectivity index (χ3n) is 2.34. The fraction of sp³-hybridized carbons (Fsp3) is 0.900. The number of thioether (sulfide) groups is 1. The Bertz CT molecular complexity index is 179. The molecule has 1 amide bonds. The standard InChI is InChI=1S/C10H19NO2S/c1-8(12)4-5-10(13)11-7-9-3-2-6-14-9/h8-9,12H,2-7H2,1H3,(H,11,13). The van der Waals surface area contributed by atoms with Crippen molar-refractivity contribution in [2.24, 2.45) is 0 Å². The second-order valence-corrected chi connectivity index (χ2v) is 5.24. The van der Waals surface area contributed by atoms with Crippen LogP contribution >= 0.6 is 11.8 Å². The lowest BCUT2D eigenvalue weighted by Crippen LogP contribution is -2.30. The van der Waals surface area contributed by atoms with Crippen molar-refractivity contribution in [3.63, 3.8) is 0 Å². The number of carbonyl (C=O) groups is 1. The van der Waals surface area contributed by atoms with Crippen LogP contribution in [0.5, 0.6) is 0 Å². The first-order valence-corrected chi connectivity index (χ1v) is 6.29. The van der Waals surface area contributed by atoms with Crippen molar-refractivity contribution in [1.29, 1.82) is 0 Å². The Kier molecular flexibility index (Phi) is 5.33.